The molecule has 1 aromatic rings. The van der Waals surface area contributed by atoms with Crippen LogP contribution < -0.4 is 5.32 Å². The summed E-state index contributed by atoms with van der Waals surface area (Å²) in [6.45, 7) is 3.51. The zero-order valence-corrected chi connectivity index (χ0v) is 14.9. The van der Waals surface area contributed by atoms with Crippen molar-refractivity contribution in [1.82, 2.24) is 10.2 Å². The van der Waals surface area contributed by atoms with Crippen LogP contribution >= 0.6 is 0 Å². The van der Waals surface area contributed by atoms with Crippen LogP contribution in [-0.4, -0.2) is 37.0 Å². The summed E-state index contributed by atoms with van der Waals surface area (Å²) in [6, 6.07) is 5.39. The van der Waals surface area contributed by atoms with Gasteiger partial charge in [0.25, 0.3) is 0 Å². The van der Waals surface area contributed by atoms with Gasteiger partial charge < -0.3 is 10.2 Å². The molecule has 1 N–H and O–H groups in total. The van der Waals surface area contributed by atoms with E-state index in [-0.39, 0.29) is 5.91 Å². The van der Waals surface area contributed by atoms with Gasteiger partial charge in [0.15, 0.2) is 0 Å². The normalized spacial score (nSPS) is 24.5. The number of rotatable bonds is 2. The summed E-state index contributed by atoms with van der Waals surface area (Å²) in [5.41, 5.74) is -0.561. The summed E-state index contributed by atoms with van der Waals surface area (Å²) in [5.74, 6) is 0.0314. The van der Waals surface area contributed by atoms with Crippen molar-refractivity contribution in [1.29, 1.82) is 0 Å². The summed E-state index contributed by atoms with van der Waals surface area (Å²) in [5, 5.41) is 3.42. The fourth-order valence-electron chi connectivity index (χ4n) is 4.86. The van der Waals surface area contributed by atoms with Crippen LogP contribution in [0.5, 0.6) is 0 Å². The first-order valence-corrected chi connectivity index (χ1v) is 9.53. The summed E-state index contributed by atoms with van der Waals surface area (Å²) < 4.78 is 39.3. The third kappa shape index (κ3) is 2.92. The van der Waals surface area contributed by atoms with Crippen molar-refractivity contribution in [3.05, 3.63) is 35.4 Å². The molecule has 2 heterocycles. The van der Waals surface area contributed by atoms with E-state index in [9.17, 15) is 18.0 Å². The third-order valence-electron chi connectivity index (χ3n) is 6.80. The highest BCUT2D eigenvalue weighted by Crippen LogP contribution is 2.47. The highest BCUT2D eigenvalue weighted by Gasteiger charge is 2.50. The Bertz CT molecular complexity index is 681. The lowest BCUT2D eigenvalue weighted by atomic mass is 9.63. The minimum Gasteiger partial charge on any atom is -0.342 e. The molecule has 6 heteroatoms. The van der Waals surface area contributed by atoms with E-state index in [0.29, 0.717) is 23.8 Å². The van der Waals surface area contributed by atoms with E-state index in [4.69, 9.17) is 0 Å². The van der Waals surface area contributed by atoms with E-state index in [1.807, 2.05) is 4.90 Å². The van der Waals surface area contributed by atoms with Gasteiger partial charge in [0.1, 0.15) is 0 Å². The maximum atomic E-state index is 13.3. The minimum absolute atomic E-state index is 0.0314. The molecule has 1 aliphatic carbocycles. The van der Waals surface area contributed by atoms with E-state index in [0.717, 1.165) is 57.9 Å². The average Bonchev–Trinajstić information content (AvgIpc) is 3.02. The van der Waals surface area contributed by atoms with Crippen LogP contribution in [0.4, 0.5) is 13.2 Å². The van der Waals surface area contributed by atoms with Crippen LogP contribution in [0.1, 0.15) is 49.7 Å². The topological polar surface area (TPSA) is 32.3 Å². The van der Waals surface area contributed by atoms with Crippen molar-refractivity contribution >= 4 is 5.91 Å². The van der Waals surface area contributed by atoms with Crippen LogP contribution in [-0.2, 0) is 16.4 Å². The highest BCUT2D eigenvalue weighted by molar-refractivity contribution is 5.89. The molecular formula is C20H25F3N2O. The van der Waals surface area contributed by atoms with Gasteiger partial charge in [0, 0.05) is 19.6 Å². The van der Waals surface area contributed by atoms with Gasteiger partial charge in [-0.2, -0.15) is 13.2 Å². The predicted molar refractivity (Wildman–Crippen MR) is 92.7 cm³/mol. The van der Waals surface area contributed by atoms with Crippen molar-refractivity contribution in [2.45, 2.75) is 50.1 Å². The standard InChI is InChI=1S/C20H25F3N2O/c21-20(22,23)16-4-1-3-15(13-16)19(5-2-6-19)17(26)25-11-8-18(9-12-25)7-10-24-14-18/h1,3-4,13,24H,2,5-12,14H2. The Hall–Kier alpha value is -1.56. The lowest BCUT2D eigenvalue weighted by Crippen LogP contribution is -2.54. The van der Waals surface area contributed by atoms with Crippen molar-refractivity contribution < 1.29 is 18.0 Å². The molecule has 26 heavy (non-hydrogen) atoms. The van der Waals surface area contributed by atoms with Crippen molar-refractivity contribution in [3.8, 4) is 0 Å². The van der Waals surface area contributed by atoms with Crippen molar-refractivity contribution in [2.75, 3.05) is 26.2 Å². The smallest absolute Gasteiger partial charge is 0.342 e. The van der Waals surface area contributed by atoms with Crippen molar-refractivity contribution in [3.63, 3.8) is 0 Å². The molecule has 3 aliphatic rings. The lowest BCUT2D eigenvalue weighted by molar-refractivity contribution is -0.144. The molecule has 1 aromatic carbocycles. The second-order valence-corrected chi connectivity index (χ2v) is 8.23. The van der Waals surface area contributed by atoms with E-state index in [1.165, 1.54) is 12.1 Å². The Morgan fingerprint density at radius 1 is 1.08 bits per heavy atom. The molecule has 142 valence electrons. The van der Waals surface area contributed by atoms with Gasteiger partial charge in [-0.15, -0.1) is 0 Å². The minimum atomic E-state index is -4.38. The molecule has 0 unspecified atom stereocenters. The van der Waals surface area contributed by atoms with E-state index in [1.54, 1.807) is 6.07 Å². The number of hydrogen-bond donors (Lipinski definition) is 1. The van der Waals surface area contributed by atoms with Crippen LogP contribution in [0.25, 0.3) is 0 Å². The number of carbonyl (C=O) groups excluding carboxylic acids is 1. The summed E-state index contributed by atoms with van der Waals surface area (Å²) in [4.78, 5) is 15.2. The number of halogens is 3. The van der Waals surface area contributed by atoms with E-state index < -0.39 is 17.2 Å². The lowest BCUT2D eigenvalue weighted by Gasteiger charge is -2.47. The molecule has 2 aliphatic heterocycles. The SMILES string of the molecule is O=C(N1CCC2(CCNC2)CC1)C1(c2cccc(C(F)(F)F)c2)CCC1. The van der Waals surface area contributed by atoms with Gasteiger partial charge in [-0.1, -0.05) is 24.6 Å². The van der Waals surface area contributed by atoms with Crippen molar-refractivity contribution in [2.24, 2.45) is 5.41 Å². The Kier molecular flexibility index (Phi) is 4.29. The van der Waals surface area contributed by atoms with E-state index in [2.05, 4.69) is 5.32 Å². The molecule has 4 rings (SSSR count). The Morgan fingerprint density at radius 3 is 2.35 bits per heavy atom. The zero-order valence-electron chi connectivity index (χ0n) is 14.9. The number of hydrogen-bond acceptors (Lipinski definition) is 2. The number of amides is 1. The number of carbonyl (C=O) groups is 1. The molecule has 1 saturated carbocycles. The van der Waals surface area contributed by atoms with Gasteiger partial charge in [-0.3, -0.25) is 4.79 Å². The molecule has 1 spiro atoms. The van der Waals surface area contributed by atoms with Crippen LogP contribution in [0, 0.1) is 5.41 Å². The number of alkyl halides is 3. The number of benzene rings is 1. The third-order valence-corrected chi connectivity index (χ3v) is 6.80. The van der Waals surface area contributed by atoms with Crippen LogP contribution in [0.3, 0.4) is 0 Å². The predicted octanol–water partition coefficient (Wildman–Crippen LogP) is 3.73. The monoisotopic (exact) mass is 366 g/mol. The maximum Gasteiger partial charge on any atom is 0.416 e. The summed E-state index contributed by atoms with van der Waals surface area (Å²) >= 11 is 0. The first-order valence-electron chi connectivity index (χ1n) is 9.53. The first-order chi connectivity index (χ1) is 12.3. The van der Waals surface area contributed by atoms with Gasteiger partial charge in [-0.25, -0.2) is 0 Å². The first kappa shape index (κ1) is 17.8. The second-order valence-electron chi connectivity index (χ2n) is 8.23. The maximum absolute atomic E-state index is 13.3. The number of nitrogens with one attached hydrogen (secondary N) is 1. The molecule has 0 radical (unpaired) electrons. The molecular weight excluding hydrogens is 341 g/mol. The van der Waals surface area contributed by atoms with Gasteiger partial charge in [0.2, 0.25) is 5.91 Å². The number of likely N-dealkylation sites (tertiary alicyclic amines) is 1. The molecule has 3 nitrogen and oxygen atoms in total. The van der Waals surface area contributed by atoms with Gasteiger partial charge >= 0.3 is 6.18 Å². The highest BCUT2D eigenvalue weighted by atomic mass is 19.4. The van der Waals surface area contributed by atoms with Gasteiger partial charge in [-0.05, 0) is 55.7 Å². The fraction of sp³-hybridized carbons (Fsp3) is 0.650. The zero-order chi connectivity index (χ0) is 18.4. The van der Waals surface area contributed by atoms with Gasteiger partial charge in [0.05, 0.1) is 11.0 Å². The molecule has 0 aromatic heterocycles. The second kappa shape index (κ2) is 6.25. The quantitative estimate of drug-likeness (QED) is 0.865. The van der Waals surface area contributed by atoms with E-state index >= 15 is 0 Å². The Balaban J connectivity index is 1.54. The fourth-order valence-corrected chi connectivity index (χ4v) is 4.86. The largest absolute Gasteiger partial charge is 0.416 e. The average molecular weight is 366 g/mol. The molecule has 2 saturated heterocycles. The van der Waals surface area contributed by atoms with Crippen LogP contribution in [0.2, 0.25) is 0 Å². The number of nitrogens with zero attached hydrogens (tertiary/aromatic N) is 1. The van der Waals surface area contributed by atoms with Crippen LogP contribution in [0.15, 0.2) is 24.3 Å². The summed E-state index contributed by atoms with van der Waals surface area (Å²) in [7, 11) is 0. The molecule has 0 atom stereocenters. The number of piperidine rings is 1. The Morgan fingerprint density at radius 2 is 1.81 bits per heavy atom. The molecule has 1 amide bonds. The molecule has 3 fully saturated rings. The summed E-state index contributed by atoms with van der Waals surface area (Å²) in [6.07, 6.45) is 0.954. The Labute approximate surface area is 151 Å². The molecule has 0 bridgehead atoms.